The first-order valence-corrected chi connectivity index (χ1v) is 5.96. The maximum atomic E-state index is 11.6. The summed E-state index contributed by atoms with van der Waals surface area (Å²) in [5.41, 5.74) is 7.04. The number of thioether (sulfide) groups is 1. The van der Waals surface area contributed by atoms with Gasteiger partial charge in [-0.25, -0.2) is 0 Å². The first kappa shape index (κ1) is 11.9. The molecule has 0 saturated carbocycles. The zero-order valence-electron chi connectivity index (χ0n) is 8.99. The average Bonchev–Trinajstić information content (AvgIpc) is 2.22. The third-order valence-corrected chi connectivity index (χ3v) is 3.01. The largest absolute Gasteiger partial charge is 0.399 e. The summed E-state index contributed by atoms with van der Waals surface area (Å²) in [6, 6.07) is 7.15. The summed E-state index contributed by atoms with van der Waals surface area (Å²) in [6.07, 6.45) is 0. The van der Waals surface area contributed by atoms with Crippen molar-refractivity contribution < 1.29 is 4.79 Å². The molecule has 3 nitrogen and oxygen atoms in total. The molecule has 3 N–H and O–H groups in total. The molecule has 0 aliphatic carbocycles. The van der Waals surface area contributed by atoms with Crippen LogP contribution in [0.25, 0.3) is 0 Å². The van der Waals surface area contributed by atoms with E-state index < -0.39 is 0 Å². The molecule has 0 bridgehead atoms. The first-order chi connectivity index (χ1) is 7.13. The van der Waals surface area contributed by atoms with Gasteiger partial charge in [-0.15, -0.1) is 11.8 Å². The number of rotatable bonds is 4. The Kier molecular flexibility index (Phi) is 4.49. The van der Waals surface area contributed by atoms with E-state index in [0.29, 0.717) is 5.69 Å². The molecule has 0 aliphatic rings. The Labute approximate surface area is 94.4 Å². The summed E-state index contributed by atoms with van der Waals surface area (Å²) in [6.45, 7) is 3.94. The van der Waals surface area contributed by atoms with E-state index in [-0.39, 0.29) is 11.2 Å². The standard InChI is InChI=1S/C11H16N2OS/c1-3-15-8(2)11(14)13-10-6-4-9(12)5-7-10/h4-8H,3,12H2,1-2H3,(H,13,14). The molecule has 0 radical (unpaired) electrons. The zero-order chi connectivity index (χ0) is 11.3. The van der Waals surface area contributed by atoms with Crippen molar-refractivity contribution in [3.05, 3.63) is 24.3 Å². The van der Waals surface area contributed by atoms with Crippen molar-refractivity contribution in [3.8, 4) is 0 Å². The summed E-state index contributed by atoms with van der Waals surface area (Å²) in [5, 5.41) is 2.82. The molecule has 1 aromatic rings. The Bertz CT molecular complexity index is 324. The fourth-order valence-corrected chi connectivity index (χ4v) is 1.85. The van der Waals surface area contributed by atoms with Gasteiger partial charge in [0.05, 0.1) is 5.25 Å². The molecular formula is C11H16N2OS. The van der Waals surface area contributed by atoms with Crippen LogP contribution in [0.15, 0.2) is 24.3 Å². The predicted octanol–water partition coefficient (Wildman–Crippen LogP) is 2.35. The van der Waals surface area contributed by atoms with Crippen LogP contribution in [0.3, 0.4) is 0 Å². The molecule has 4 heteroatoms. The lowest BCUT2D eigenvalue weighted by molar-refractivity contribution is -0.115. The van der Waals surface area contributed by atoms with Crippen molar-refractivity contribution in [2.75, 3.05) is 16.8 Å². The molecule has 0 spiro atoms. The Morgan fingerprint density at radius 3 is 2.60 bits per heavy atom. The van der Waals surface area contributed by atoms with Gasteiger partial charge in [-0.3, -0.25) is 4.79 Å². The van der Waals surface area contributed by atoms with Crippen molar-refractivity contribution in [2.24, 2.45) is 0 Å². The summed E-state index contributed by atoms with van der Waals surface area (Å²) >= 11 is 1.63. The number of carbonyl (C=O) groups excluding carboxylic acids is 1. The van der Waals surface area contributed by atoms with Crippen molar-refractivity contribution in [3.63, 3.8) is 0 Å². The Hall–Kier alpha value is -1.16. The summed E-state index contributed by atoms with van der Waals surface area (Å²) < 4.78 is 0. The third-order valence-electron chi connectivity index (χ3n) is 1.96. The highest BCUT2D eigenvalue weighted by atomic mass is 32.2. The number of hydrogen-bond donors (Lipinski definition) is 2. The van der Waals surface area contributed by atoms with E-state index in [0.717, 1.165) is 11.4 Å². The van der Waals surface area contributed by atoms with Gasteiger partial charge in [-0.05, 0) is 36.9 Å². The molecule has 1 amide bonds. The van der Waals surface area contributed by atoms with Crippen molar-refractivity contribution >= 4 is 29.0 Å². The van der Waals surface area contributed by atoms with Crippen LogP contribution in [0.2, 0.25) is 0 Å². The van der Waals surface area contributed by atoms with Gasteiger partial charge in [0.25, 0.3) is 0 Å². The van der Waals surface area contributed by atoms with E-state index in [9.17, 15) is 4.79 Å². The predicted molar refractivity (Wildman–Crippen MR) is 67.1 cm³/mol. The van der Waals surface area contributed by atoms with Gasteiger partial charge in [-0.2, -0.15) is 0 Å². The minimum Gasteiger partial charge on any atom is -0.399 e. The highest BCUT2D eigenvalue weighted by molar-refractivity contribution is 8.00. The second-order valence-corrected chi connectivity index (χ2v) is 4.83. The van der Waals surface area contributed by atoms with E-state index in [1.165, 1.54) is 0 Å². The van der Waals surface area contributed by atoms with Gasteiger partial charge in [0.1, 0.15) is 0 Å². The molecule has 0 aromatic heterocycles. The van der Waals surface area contributed by atoms with Gasteiger partial charge in [0.15, 0.2) is 0 Å². The SMILES string of the molecule is CCSC(C)C(=O)Nc1ccc(N)cc1. The van der Waals surface area contributed by atoms with E-state index in [1.54, 1.807) is 36.0 Å². The molecular weight excluding hydrogens is 208 g/mol. The maximum Gasteiger partial charge on any atom is 0.237 e. The van der Waals surface area contributed by atoms with Crippen LogP contribution < -0.4 is 11.1 Å². The minimum atomic E-state index is -0.0208. The second kappa shape index (κ2) is 5.66. The maximum absolute atomic E-state index is 11.6. The van der Waals surface area contributed by atoms with Gasteiger partial charge in [0.2, 0.25) is 5.91 Å². The number of nitrogens with one attached hydrogen (secondary N) is 1. The molecule has 0 aliphatic heterocycles. The van der Waals surface area contributed by atoms with Crippen LogP contribution in [0, 0.1) is 0 Å². The number of benzene rings is 1. The monoisotopic (exact) mass is 224 g/mol. The first-order valence-electron chi connectivity index (χ1n) is 4.91. The second-order valence-electron chi connectivity index (χ2n) is 3.21. The van der Waals surface area contributed by atoms with Crippen LogP contribution in [0.5, 0.6) is 0 Å². The molecule has 82 valence electrons. The van der Waals surface area contributed by atoms with Crippen LogP contribution in [0.4, 0.5) is 11.4 Å². The zero-order valence-corrected chi connectivity index (χ0v) is 9.80. The highest BCUT2D eigenvalue weighted by Crippen LogP contribution is 2.14. The van der Waals surface area contributed by atoms with Crippen LogP contribution in [0.1, 0.15) is 13.8 Å². The minimum absolute atomic E-state index is 0.0208. The molecule has 1 aromatic carbocycles. The topological polar surface area (TPSA) is 55.1 Å². The van der Waals surface area contributed by atoms with Gasteiger partial charge >= 0.3 is 0 Å². The van der Waals surface area contributed by atoms with E-state index in [2.05, 4.69) is 5.32 Å². The quantitative estimate of drug-likeness (QED) is 0.772. The molecule has 15 heavy (non-hydrogen) atoms. The smallest absolute Gasteiger partial charge is 0.237 e. The Morgan fingerprint density at radius 2 is 2.07 bits per heavy atom. The number of carbonyl (C=O) groups is 1. The van der Waals surface area contributed by atoms with Crippen LogP contribution in [-0.4, -0.2) is 16.9 Å². The lowest BCUT2D eigenvalue weighted by Crippen LogP contribution is -2.22. The van der Waals surface area contributed by atoms with Gasteiger partial charge in [0, 0.05) is 11.4 Å². The summed E-state index contributed by atoms with van der Waals surface area (Å²) in [4.78, 5) is 11.6. The van der Waals surface area contributed by atoms with E-state index in [4.69, 9.17) is 5.73 Å². The average molecular weight is 224 g/mol. The van der Waals surface area contributed by atoms with Gasteiger partial charge < -0.3 is 11.1 Å². The molecule has 0 saturated heterocycles. The van der Waals surface area contributed by atoms with Crippen LogP contribution >= 0.6 is 11.8 Å². The number of hydrogen-bond acceptors (Lipinski definition) is 3. The lowest BCUT2D eigenvalue weighted by Gasteiger charge is -2.10. The number of amides is 1. The highest BCUT2D eigenvalue weighted by Gasteiger charge is 2.11. The molecule has 0 heterocycles. The van der Waals surface area contributed by atoms with E-state index >= 15 is 0 Å². The van der Waals surface area contributed by atoms with Crippen LogP contribution in [-0.2, 0) is 4.79 Å². The number of nitrogens with two attached hydrogens (primary N) is 1. The van der Waals surface area contributed by atoms with Crippen molar-refractivity contribution in [1.82, 2.24) is 0 Å². The fraction of sp³-hybridized carbons (Fsp3) is 0.364. The normalized spacial score (nSPS) is 12.1. The van der Waals surface area contributed by atoms with E-state index in [1.807, 2.05) is 13.8 Å². The molecule has 1 rings (SSSR count). The number of nitrogen functional groups attached to an aromatic ring is 1. The molecule has 1 unspecified atom stereocenters. The Balaban J connectivity index is 2.54. The fourth-order valence-electron chi connectivity index (χ4n) is 1.14. The number of anilines is 2. The lowest BCUT2D eigenvalue weighted by atomic mass is 10.3. The van der Waals surface area contributed by atoms with Crippen molar-refractivity contribution in [2.45, 2.75) is 19.1 Å². The van der Waals surface area contributed by atoms with Gasteiger partial charge in [-0.1, -0.05) is 6.92 Å². The summed E-state index contributed by atoms with van der Waals surface area (Å²) in [5.74, 6) is 0.975. The molecule has 0 fully saturated rings. The molecule has 1 atom stereocenters. The van der Waals surface area contributed by atoms with Crippen molar-refractivity contribution in [1.29, 1.82) is 0 Å². The third kappa shape index (κ3) is 3.83. The summed E-state index contributed by atoms with van der Waals surface area (Å²) in [7, 11) is 0. The Morgan fingerprint density at radius 1 is 1.47 bits per heavy atom.